The number of amides is 1. The highest BCUT2D eigenvalue weighted by Crippen LogP contribution is 2.23. The van der Waals surface area contributed by atoms with Gasteiger partial charge in [-0.25, -0.2) is 0 Å². The Kier molecular flexibility index (Phi) is 6.85. The third-order valence-electron chi connectivity index (χ3n) is 4.20. The minimum Gasteiger partial charge on any atom is -0.465 e. The second-order valence-electron chi connectivity index (χ2n) is 6.32. The molecule has 0 fully saturated rings. The van der Waals surface area contributed by atoms with Crippen molar-refractivity contribution in [2.45, 2.75) is 13.5 Å². The molecule has 0 N–H and O–H groups in total. The highest BCUT2D eigenvalue weighted by Gasteiger charge is 2.15. The number of benzene rings is 2. The molecule has 3 aromatic rings. The molecular formula is C20H16N4O7S. The third kappa shape index (κ3) is 5.29. The number of carbonyl (C=O) groups is 2. The van der Waals surface area contributed by atoms with Crippen molar-refractivity contribution in [3.05, 3.63) is 79.1 Å². The van der Waals surface area contributed by atoms with Crippen LogP contribution in [0.15, 0.2) is 53.5 Å². The first-order valence-corrected chi connectivity index (χ1v) is 10.0. The van der Waals surface area contributed by atoms with E-state index in [1.807, 2.05) is 0 Å². The lowest BCUT2D eigenvalue weighted by molar-refractivity contribution is -0.385. The average Bonchev–Trinajstić information content (AvgIpc) is 3.08. The normalized spacial score (nSPS) is 11.7. The highest BCUT2D eigenvalue weighted by atomic mass is 32.1. The summed E-state index contributed by atoms with van der Waals surface area (Å²) in [6, 6.07) is 9.73. The van der Waals surface area contributed by atoms with Crippen LogP contribution < -0.4 is 4.80 Å². The largest absolute Gasteiger partial charge is 0.465 e. The van der Waals surface area contributed by atoms with E-state index in [2.05, 4.69) is 4.99 Å². The summed E-state index contributed by atoms with van der Waals surface area (Å²) in [6.07, 6.45) is 2.63. The fourth-order valence-corrected chi connectivity index (χ4v) is 3.82. The summed E-state index contributed by atoms with van der Waals surface area (Å²) in [7, 11) is 0. The number of thiazole rings is 1. The molecule has 164 valence electrons. The van der Waals surface area contributed by atoms with Gasteiger partial charge in [0.15, 0.2) is 4.80 Å². The van der Waals surface area contributed by atoms with Crippen LogP contribution in [-0.2, 0) is 20.9 Å². The second kappa shape index (κ2) is 9.75. The monoisotopic (exact) mass is 456 g/mol. The average molecular weight is 456 g/mol. The molecule has 12 heteroatoms. The lowest BCUT2D eigenvalue weighted by atomic mass is 10.2. The van der Waals surface area contributed by atoms with Crippen LogP contribution in [0.2, 0.25) is 0 Å². The summed E-state index contributed by atoms with van der Waals surface area (Å²) in [4.78, 5) is 49.3. The molecule has 0 radical (unpaired) electrons. The predicted octanol–water partition coefficient (Wildman–Crippen LogP) is 3.22. The van der Waals surface area contributed by atoms with Gasteiger partial charge in [0.1, 0.15) is 6.54 Å². The Morgan fingerprint density at radius 2 is 1.75 bits per heavy atom. The zero-order valence-corrected chi connectivity index (χ0v) is 17.5. The van der Waals surface area contributed by atoms with Crippen LogP contribution in [0.3, 0.4) is 0 Å². The lowest BCUT2D eigenvalue weighted by Gasteiger charge is -2.04. The third-order valence-corrected chi connectivity index (χ3v) is 5.24. The standard InChI is InChI=1S/C20H16N4O7S/c1-2-31-19(26)12-22-16-9-8-15(24(29)30)11-17(16)32-20(22)21-18(25)10-5-13-3-6-14(7-4-13)23(27)28/h3-11H,2,12H2,1H3. The molecule has 0 aliphatic rings. The van der Waals surface area contributed by atoms with Crippen molar-refractivity contribution in [3.8, 4) is 0 Å². The molecule has 0 saturated heterocycles. The van der Waals surface area contributed by atoms with Crippen LogP contribution in [-0.4, -0.2) is 32.9 Å². The molecule has 0 unspecified atom stereocenters. The van der Waals surface area contributed by atoms with Crippen LogP contribution >= 0.6 is 11.3 Å². The van der Waals surface area contributed by atoms with Crippen LogP contribution in [0.4, 0.5) is 11.4 Å². The van der Waals surface area contributed by atoms with Gasteiger partial charge in [0, 0.05) is 30.3 Å². The van der Waals surface area contributed by atoms with Crippen molar-refractivity contribution in [1.82, 2.24) is 4.57 Å². The van der Waals surface area contributed by atoms with E-state index in [-0.39, 0.29) is 29.3 Å². The van der Waals surface area contributed by atoms with Crippen molar-refractivity contribution < 1.29 is 24.2 Å². The first-order valence-electron chi connectivity index (χ1n) is 9.23. The summed E-state index contributed by atoms with van der Waals surface area (Å²) < 4.78 is 6.90. The van der Waals surface area contributed by atoms with E-state index < -0.39 is 21.7 Å². The number of aromatic nitrogens is 1. The Morgan fingerprint density at radius 1 is 1.09 bits per heavy atom. The van der Waals surface area contributed by atoms with Gasteiger partial charge in [-0.3, -0.25) is 29.8 Å². The number of carbonyl (C=O) groups excluding carboxylic acids is 2. The maximum absolute atomic E-state index is 12.4. The summed E-state index contributed by atoms with van der Waals surface area (Å²) in [5, 5.41) is 21.8. The van der Waals surface area contributed by atoms with Crippen LogP contribution in [0, 0.1) is 20.2 Å². The van der Waals surface area contributed by atoms with Crippen molar-refractivity contribution in [3.63, 3.8) is 0 Å². The summed E-state index contributed by atoms with van der Waals surface area (Å²) in [5.74, 6) is -1.18. The van der Waals surface area contributed by atoms with Gasteiger partial charge in [-0.15, -0.1) is 0 Å². The summed E-state index contributed by atoms with van der Waals surface area (Å²) in [5.41, 5.74) is 0.862. The fourth-order valence-electron chi connectivity index (χ4n) is 2.76. The number of nitro groups is 2. The molecule has 0 saturated carbocycles. The molecule has 0 atom stereocenters. The molecule has 1 heterocycles. The van der Waals surface area contributed by atoms with Gasteiger partial charge in [-0.1, -0.05) is 11.3 Å². The van der Waals surface area contributed by atoms with Gasteiger partial charge >= 0.3 is 5.97 Å². The van der Waals surface area contributed by atoms with Crippen LogP contribution in [0.5, 0.6) is 0 Å². The molecule has 11 nitrogen and oxygen atoms in total. The zero-order chi connectivity index (χ0) is 23.3. The molecule has 3 rings (SSSR count). The number of hydrogen-bond acceptors (Lipinski definition) is 8. The van der Waals surface area contributed by atoms with Crippen molar-refractivity contribution >= 4 is 50.9 Å². The first kappa shape index (κ1) is 22.5. The van der Waals surface area contributed by atoms with E-state index in [4.69, 9.17) is 4.74 Å². The number of esters is 1. The number of rotatable bonds is 7. The van der Waals surface area contributed by atoms with E-state index >= 15 is 0 Å². The van der Waals surface area contributed by atoms with Crippen molar-refractivity contribution in [2.75, 3.05) is 6.61 Å². The molecule has 0 bridgehead atoms. The number of ether oxygens (including phenoxy) is 1. The van der Waals surface area contributed by atoms with Gasteiger partial charge in [-0.2, -0.15) is 4.99 Å². The summed E-state index contributed by atoms with van der Waals surface area (Å²) in [6.45, 7) is 1.62. The molecule has 2 aromatic carbocycles. The van der Waals surface area contributed by atoms with E-state index in [0.29, 0.717) is 15.8 Å². The Bertz CT molecular complexity index is 1310. The SMILES string of the molecule is CCOC(=O)Cn1c(=NC(=O)C=Cc2ccc([N+](=O)[O-])cc2)sc2cc([N+](=O)[O-])ccc21. The van der Waals surface area contributed by atoms with Crippen LogP contribution in [0.25, 0.3) is 16.3 Å². The topological polar surface area (TPSA) is 147 Å². The zero-order valence-electron chi connectivity index (χ0n) is 16.7. The first-order chi connectivity index (χ1) is 15.3. The highest BCUT2D eigenvalue weighted by molar-refractivity contribution is 7.16. The fraction of sp³-hybridized carbons (Fsp3) is 0.150. The number of nitro benzene ring substituents is 2. The Labute approximate surface area is 184 Å². The van der Waals surface area contributed by atoms with Crippen molar-refractivity contribution in [1.29, 1.82) is 0 Å². The number of nitrogens with zero attached hydrogens (tertiary/aromatic N) is 4. The molecule has 1 aromatic heterocycles. The number of non-ortho nitro benzene ring substituents is 2. The Hall–Kier alpha value is -4.19. The number of hydrogen-bond donors (Lipinski definition) is 0. The summed E-state index contributed by atoms with van der Waals surface area (Å²) >= 11 is 1.03. The quantitative estimate of drug-likeness (QED) is 0.229. The van der Waals surface area contributed by atoms with Gasteiger partial charge in [0.05, 0.1) is 26.7 Å². The maximum Gasteiger partial charge on any atom is 0.326 e. The van der Waals surface area contributed by atoms with E-state index in [9.17, 15) is 29.8 Å². The van der Waals surface area contributed by atoms with Gasteiger partial charge < -0.3 is 9.30 Å². The Balaban J connectivity index is 1.96. The lowest BCUT2D eigenvalue weighted by Crippen LogP contribution is -2.22. The number of fused-ring (bicyclic) bond motifs is 1. The molecule has 0 aliphatic heterocycles. The molecule has 32 heavy (non-hydrogen) atoms. The van der Waals surface area contributed by atoms with Crippen LogP contribution in [0.1, 0.15) is 12.5 Å². The minimum atomic E-state index is -0.637. The predicted molar refractivity (Wildman–Crippen MR) is 116 cm³/mol. The minimum absolute atomic E-state index is 0.0717. The van der Waals surface area contributed by atoms with E-state index in [1.165, 1.54) is 59.2 Å². The van der Waals surface area contributed by atoms with E-state index in [1.54, 1.807) is 6.92 Å². The van der Waals surface area contributed by atoms with E-state index in [0.717, 1.165) is 11.3 Å². The van der Waals surface area contributed by atoms with Gasteiger partial charge in [0.25, 0.3) is 17.3 Å². The van der Waals surface area contributed by atoms with Crippen molar-refractivity contribution in [2.24, 2.45) is 4.99 Å². The molecule has 1 amide bonds. The second-order valence-corrected chi connectivity index (χ2v) is 7.33. The smallest absolute Gasteiger partial charge is 0.326 e. The molecular weight excluding hydrogens is 440 g/mol. The Morgan fingerprint density at radius 3 is 2.38 bits per heavy atom. The maximum atomic E-state index is 12.4. The molecule has 0 aliphatic carbocycles. The van der Waals surface area contributed by atoms with Gasteiger partial charge in [-0.05, 0) is 36.8 Å². The van der Waals surface area contributed by atoms with Gasteiger partial charge in [0.2, 0.25) is 0 Å². The molecule has 0 spiro atoms.